The number of hydrogen-bond acceptors (Lipinski definition) is 7. The predicted molar refractivity (Wildman–Crippen MR) is 130 cm³/mol. The number of alkyl halides is 1. The summed E-state index contributed by atoms with van der Waals surface area (Å²) < 4.78 is 32.3. The zero-order chi connectivity index (χ0) is 24.5. The van der Waals surface area contributed by atoms with Crippen LogP contribution in [-0.4, -0.2) is 48.4 Å². The summed E-state index contributed by atoms with van der Waals surface area (Å²) in [4.78, 5) is 12.8. The molecule has 0 bridgehead atoms. The molecule has 0 aliphatic carbocycles. The van der Waals surface area contributed by atoms with Crippen LogP contribution in [0.1, 0.15) is 18.4 Å². The van der Waals surface area contributed by atoms with Crippen LogP contribution >= 0.6 is 11.6 Å². The average molecular weight is 501 g/mol. The van der Waals surface area contributed by atoms with Gasteiger partial charge in [0.1, 0.15) is 16.5 Å². The van der Waals surface area contributed by atoms with Gasteiger partial charge in [-0.1, -0.05) is 23.7 Å². The van der Waals surface area contributed by atoms with Crippen LogP contribution in [0.3, 0.4) is 0 Å². The fourth-order valence-corrected chi connectivity index (χ4v) is 4.28. The van der Waals surface area contributed by atoms with Crippen molar-refractivity contribution in [3.63, 3.8) is 0 Å². The Morgan fingerprint density at radius 1 is 1.09 bits per heavy atom. The van der Waals surface area contributed by atoms with Crippen molar-refractivity contribution in [2.45, 2.75) is 24.0 Å². The number of ether oxygens (including phenoxy) is 3. The van der Waals surface area contributed by atoms with Gasteiger partial charge in [-0.05, 0) is 54.8 Å². The third-order valence-corrected chi connectivity index (χ3v) is 6.62. The molecule has 5 rings (SSSR count). The molecule has 35 heavy (non-hydrogen) atoms. The molecule has 2 aromatic carbocycles. The molecular weight excluding hydrogens is 475 g/mol. The Kier molecular flexibility index (Phi) is 6.50. The normalized spacial score (nSPS) is 21.2. The van der Waals surface area contributed by atoms with Crippen LogP contribution in [0, 0.1) is 0 Å². The lowest BCUT2D eigenvalue weighted by atomic mass is 9.89. The number of nitrogens with zero attached hydrogens (tertiary/aromatic N) is 2. The van der Waals surface area contributed by atoms with Crippen molar-refractivity contribution >= 4 is 17.3 Å². The van der Waals surface area contributed by atoms with Crippen LogP contribution in [0.5, 0.6) is 11.5 Å². The Hall–Kier alpha value is -2.98. The third kappa shape index (κ3) is 5.04. The van der Waals surface area contributed by atoms with E-state index in [-0.39, 0.29) is 23.9 Å². The van der Waals surface area contributed by atoms with Crippen LogP contribution in [0.15, 0.2) is 59.5 Å². The smallest absolute Gasteiger partial charge is 0.292 e. The van der Waals surface area contributed by atoms with Gasteiger partial charge in [0.25, 0.3) is 5.56 Å². The van der Waals surface area contributed by atoms with E-state index in [1.807, 2.05) is 24.3 Å². The van der Waals surface area contributed by atoms with Gasteiger partial charge in [0.05, 0.1) is 49.5 Å². The second-order valence-corrected chi connectivity index (χ2v) is 9.40. The third-order valence-electron chi connectivity index (χ3n) is 6.25. The van der Waals surface area contributed by atoms with Gasteiger partial charge in [0.2, 0.25) is 0 Å². The van der Waals surface area contributed by atoms with E-state index >= 15 is 0 Å². The molecule has 1 aromatic heterocycles. The summed E-state index contributed by atoms with van der Waals surface area (Å²) in [5, 5.41) is 7.04. The van der Waals surface area contributed by atoms with E-state index < -0.39 is 16.8 Å². The van der Waals surface area contributed by atoms with E-state index in [4.69, 9.17) is 31.5 Å². The van der Waals surface area contributed by atoms with Crippen LogP contribution in [0.4, 0.5) is 10.1 Å². The summed E-state index contributed by atoms with van der Waals surface area (Å²) in [7, 11) is 0. The van der Waals surface area contributed by atoms with Gasteiger partial charge >= 0.3 is 0 Å². The summed E-state index contributed by atoms with van der Waals surface area (Å²) >= 11 is 6.28. The van der Waals surface area contributed by atoms with E-state index in [9.17, 15) is 9.18 Å². The van der Waals surface area contributed by atoms with Gasteiger partial charge in [-0.25, -0.2) is 4.39 Å². The summed E-state index contributed by atoms with van der Waals surface area (Å²) in [5.74, 6) is 1.25. The number of anilines is 1. The molecule has 0 spiro atoms. The first-order valence-electron chi connectivity index (χ1n) is 11.4. The van der Waals surface area contributed by atoms with Crippen molar-refractivity contribution in [2.24, 2.45) is 5.73 Å². The Balaban J connectivity index is 1.25. The van der Waals surface area contributed by atoms with Crippen molar-refractivity contribution < 1.29 is 18.6 Å². The minimum atomic E-state index is -1.50. The lowest BCUT2D eigenvalue weighted by Gasteiger charge is -2.38. The molecular formula is C25H26ClFN4O4. The molecule has 0 amide bonds. The van der Waals surface area contributed by atoms with Crippen molar-refractivity contribution in [1.29, 1.82) is 0 Å². The Bertz CT molecular complexity index is 1240. The molecule has 184 valence electrons. The molecule has 0 radical (unpaired) electrons. The maximum atomic E-state index is 14.8. The number of nitrogens with two attached hydrogens (primary N) is 1. The second-order valence-electron chi connectivity index (χ2n) is 9.02. The fourth-order valence-electron chi connectivity index (χ4n) is 4.09. The Morgan fingerprint density at radius 3 is 2.37 bits per heavy atom. The lowest BCUT2D eigenvalue weighted by Crippen LogP contribution is -2.54. The van der Waals surface area contributed by atoms with Crippen LogP contribution in [-0.2, 0) is 15.0 Å². The van der Waals surface area contributed by atoms with E-state index in [2.05, 4.69) is 10.4 Å². The minimum absolute atomic E-state index is 0.00902. The summed E-state index contributed by atoms with van der Waals surface area (Å²) in [5.41, 5.74) is 5.62. The first kappa shape index (κ1) is 23.7. The number of halogens is 2. The van der Waals surface area contributed by atoms with Crippen molar-refractivity contribution in [1.82, 2.24) is 9.78 Å². The zero-order valence-electron chi connectivity index (χ0n) is 19.0. The molecule has 2 saturated heterocycles. The topological polar surface area (TPSA) is 101 Å². The number of hydrogen-bond donors (Lipinski definition) is 2. The quantitative estimate of drug-likeness (QED) is 0.509. The van der Waals surface area contributed by atoms with E-state index in [0.717, 1.165) is 5.56 Å². The highest BCUT2D eigenvalue weighted by Gasteiger charge is 2.36. The molecule has 1 unspecified atom stereocenters. The lowest BCUT2D eigenvalue weighted by molar-refractivity contribution is -0.0569. The van der Waals surface area contributed by atoms with Gasteiger partial charge in [-0.15, -0.1) is 0 Å². The number of rotatable bonds is 7. The molecule has 10 heteroatoms. The van der Waals surface area contributed by atoms with E-state index in [1.165, 1.54) is 10.9 Å². The van der Waals surface area contributed by atoms with E-state index in [1.54, 1.807) is 24.3 Å². The predicted octanol–water partition coefficient (Wildman–Crippen LogP) is 3.79. The van der Waals surface area contributed by atoms with Gasteiger partial charge in [-0.3, -0.25) is 4.79 Å². The minimum Gasteiger partial charge on any atom is -0.457 e. The molecule has 1 atom stereocenters. The van der Waals surface area contributed by atoms with E-state index in [0.29, 0.717) is 49.8 Å². The van der Waals surface area contributed by atoms with Gasteiger partial charge < -0.3 is 25.3 Å². The molecule has 2 aliphatic heterocycles. The van der Waals surface area contributed by atoms with Crippen molar-refractivity contribution in [3.05, 3.63) is 75.7 Å². The number of aromatic nitrogens is 2. The van der Waals surface area contributed by atoms with Crippen LogP contribution in [0.2, 0.25) is 5.02 Å². The summed E-state index contributed by atoms with van der Waals surface area (Å²) in [6.45, 7) is 1.59. The fraction of sp³-hybridized carbons (Fsp3) is 0.360. The van der Waals surface area contributed by atoms with Gasteiger partial charge in [0, 0.05) is 6.61 Å². The zero-order valence-corrected chi connectivity index (χ0v) is 19.8. The number of nitrogens with one attached hydrogen (secondary N) is 1. The molecule has 2 fully saturated rings. The highest BCUT2D eigenvalue weighted by atomic mass is 35.5. The van der Waals surface area contributed by atoms with Crippen LogP contribution in [0.25, 0.3) is 5.69 Å². The van der Waals surface area contributed by atoms with Crippen molar-refractivity contribution in [3.8, 4) is 17.2 Å². The number of benzene rings is 2. The average Bonchev–Trinajstić information content (AvgIpc) is 2.85. The van der Waals surface area contributed by atoms with Crippen molar-refractivity contribution in [2.75, 3.05) is 38.3 Å². The van der Waals surface area contributed by atoms with Crippen LogP contribution < -0.4 is 21.3 Å². The Labute approximate surface area is 206 Å². The molecule has 3 heterocycles. The molecule has 0 saturated carbocycles. The summed E-state index contributed by atoms with van der Waals surface area (Å²) in [6, 6.07) is 14.5. The SMILES string of the molecule is NC1(c2ccc(Oc3ccc(-n4ncc(NCC5(F)CCCOC5)c(Cl)c4=O)cc3)cc2)COC1. The standard InChI is InChI=1S/C25H26ClFN4O4/c26-22-21(29-13-24(27)10-1-11-33-14-24)12-30-31(23(22)32)18-4-8-20(9-5-18)35-19-6-2-17(3-7-19)25(28)15-34-16-25/h2-9,12,29H,1,10-11,13-16,28H2. The molecule has 2 aliphatic rings. The maximum absolute atomic E-state index is 14.8. The molecule has 3 aromatic rings. The van der Waals surface area contributed by atoms with Gasteiger partial charge in [-0.2, -0.15) is 9.78 Å². The van der Waals surface area contributed by atoms with Gasteiger partial charge in [0.15, 0.2) is 5.67 Å². The maximum Gasteiger partial charge on any atom is 0.292 e. The monoisotopic (exact) mass is 500 g/mol. The first-order valence-corrected chi connectivity index (χ1v) is 11.8. The molecule has 8 nitrogen and oxygen atoms in total. The first-order chi connectivity index (χ1) is 16.9. The second kappa shape index (κ2) is 9.58. The largest absolute Gasteiger partial charge is 0.457 e. The highest BCUT2D eigenvalue weighted by Crippen LogP contribution is 2.30. The Morgan fingerprint density at radius 2 is 1.77 bits per heavy atom. The highest BCUT2D eigenvalue weighted by molar-refractivity contribution is 6.32. The summed E-state index contributed by atoms with van der Waals surface area (Å²) in [6.07, 6.45) is 2.46. The molecule has 3 N–H and O–H groups in total.